The number of nitrogens with one attached hydrogen (secondary N) is 1. The summed E-state index contributed by atoms with van der Waals surface area (Å²) in [5.74, 6) is 0. The van der Waals surface area contributed by atoms with E-state index in [2.05, 4.69) is 5.32 Å². The lowest BCUT2D eigenvalue weighted by Crippen LogP contribution is -2.40. The zero-order valence-electron chi connectivity index (χ0n) is 12.2. The van der Waals surface area contributed by atoms with Crippen LogP contribution >= 0.6 is 11.6 Å². The highest BCUT2D eigenvalue weighted by atomic mass is 35.5. The molecule has 0 unspecified atom stereocenters. The van der Waals surface area contributed by atoms with Gasteiger partial charge in [0.25, 0.3) is 0 Å². The van der Waals surface area contributed by atoms with Crippen LogP contribution < -0.4 is 5.32 Å². The maximum absolute atomic E-state index is 12.3. The molecule has 0 saturated carbocycles. The molecule has 2 aromatic rings. The Morgan fingerprint density at radius 1 is 1.09 bits per heavy atom. The Bertz CT molecular complexity index is 605. The normalized spacial score (nSPS) is 10.3. The Morgan fingerprint density at radius 3 is 2.45 bits per heavy atom. The van der Waals surface area contributed by atoms with E-state index in [4.69, 9.17) is 16.7 Å². The fraction of sp³-hybridized carbons (Fsp3) is 0.235. The number of carbonyl (C=O) groups excluding carboxylic acids is 1. The van der Waals surface area contributed by atoms with Crippen molar-refractivity contribution in [3.05, 3.63) is 70.7 Å². The van der Waals surface area contributed by atoms with E-state index in [9.17, 15) is 4.79 Å². The van der Waals surface area contributed by atoms with E-state index in [0.29, 0.717) is 18.1 Å². The number of hydrogen-bond donors (Lipinski definition) is 2. The third kappa shape index (κ3) is 4.76. The van der Waals surface area contributed by atoms with Crippen molar-refractivity contribution in [3.8, 4) is 0 Å². The van der Waals surface area contributed by atoms with Gasteiger partial charge in [-0.1, -0.05) is 60.1 Å². The molecule has 5 heteroatoms. The smallest absolute Gasteiger partial charge is 0.318 e. The minimum absolute atomic E-state index is 0.0770. The first-order valence-electron chi connectivity index (χ1n) is 7.11. The standard InChI is InChI=1S/C17H19ClN2O2/c18-16-9-5-4-8-15(16)12-19-17(22)20(10-11-21)13-14-6-2-1-3-7-14/h1-9,21H,10-13H2,(H,19,22). The number of carbonyl (C=O) groups is 1. The van der Waals surface area contributed by atoms with Crippen molar-refractivity contribution in [1.29, 1.82) is 0 Å². The van der Waals surface area contributed by atoms with Crippen molar-refractivity contribution < 1.29 is 9.90 Å². The molecule has 0 bridgehead atoms. The molecule has 116 valence electrons. The SMILES string of the molecule is O=C(NCc1ccccc1Cl)N(CCO)Cc1ccccc1. The van der Waals surface area contributed by atoms with Gasteiger partial charge in [-0.05, 0) is 17.2 Å². The zero-order chi connectivity index (χ0) is 15.8. The largest absolute Gasteiger partial charge is 0.395 e. The summed E-state index contributed by atoms with van der Waals surface area (Å²) in [6, 6.07) is 16.8. The lowest BCUT2D eigenvalue weighted by atomic mass is 10.2. The number of benzene rings is 2. The van der Waals surface area contributed by atoms with E-state index in [1.54, 1.807) is 11.0 Å². The molecule has 2 aromatic carbocycles. The van der Waals surface area contributed by atoms with Crippen LogP contribution in [0.4, 0.5) is 4.79 Å². The molecule has 22 heavy (non-hydrogen) atoms. The zero-order valence-corrected chi connectivity index (χ0v) is 13.0. The first-order valence-corrected chi connectivity index (χ1v) is 7.49. The summed E-state index contributed by atoms with van der Waals surface area (Å²) in [7, 11) is 0. The van der Waals surface area contributed by atoms with Crippen molar-refractivity contribution in [2.24, 2.45) is 0 Å². The fourth-order valence-electron chi connectivity index (χ4n) is 2.10. The maximum Gasteiger partial charge on any atom is 0.318 e. The summed E-state index contributed by atoms with van der Waals surface area (Å²) in [6.07, 6.45) is 0. The van der Waals surface area contributed by atoms with Crippen molar-refractivity contribution >= 4 is 17.6 Å². The van der Waals surface area contributed by atoms with Gasteiger partial charge in [0.05, 0.1) is 6.61 Å². The van der Waals surface area contributed by atoms with E-state index in [-0.39, 0.29) is 19.2 Å². The van der Waals surface area contributed by atoms with Crippen LogP contribution in [0.3, 0.4) is 0 Å². The second kappa shape index (κ2) is 8.41. The Morgan fingerprint density at radius 2 is 1.77 bits per heavy atom. The van der Waals surface area contributed by atoms with E-state index >= 15 is 0 Å². The minimum atomic E-state index is -0.224. The number of halogens is 1. The van der Waals surface area contributed by atoms with Gasteiger partial charge in [-0.25, -0.2) is 4.79 Å². The fourth-order valence-corrected chi connectivity index (χ4v) is 2.30. The average molecular weight is 319 g/mol. The Hall–Kier alpha value is -2.04. The topological polar surface area (TPSA) is 52.6 Å². The summed E-state index contributed by atoms with van der Waals surface area (Å²) in [4.78, 5) is 13.9. The number of hydrogen-bond acceptors (Lipinski definition) is 2. The third-order valence-electron chi connectivity index (χ3n) is 3.26. The molecule has 0 spiro atoms. The van der Waals surface area contributed by atoms with Gasteiger partial charge in [0, 0.05) is 24.7 Å². The molecule has 2 amide bonds. The van der Waals surface area contributed by atoms with Gasteiger partial charge >= 0.3 is 6.03 Å². The quantitative estimate of drug-likeness (QED) is 0.860. The summed E-state index contributed by atoms with van der Waals surface area (Å²) in [5.41, 5.74) is 1.88. The molecular formula is C17H19ClN2O2. The minimum Gasteiger partial charge on any atom is -0.395 e. The van der Waals surface area contributed by atoms with Gasteiger partial charge < -0.3 is 15.3 Å². The van der Waals surface area contributed by atoms with Crippen molar-refractivity contribution in [1.82, 2.24) is 10.2 Å². The summed E-state index contributed by atoms with van der Waals surface area (Å²) >= 11 is 6.07. The molecule has 0 heterocycles. The van der Waals surface area contributed by atoms with E-state index in [1.807, 2.05) is 48.5 Å². The first-order chi connectivity index (χ1) is 10.7. The van der Waals surface area contributed by atoms with Crippen LogP contribution in [0.15, 0.2) is 54.6 Å². The molecule has 0 aliphatic carbocycles. The van der Waals surface area contributed by atoms with Gasteiger partial charge in [-0.2, -0.15) is 0 Å². The number of nitrogens with zero attached hydrogens (tertiary/aromatic N) is 1. The van der Waals surface area contributed by atoms with E-state index in [0.717, 1.165) is 11.1 Å². The van der Waals surface area contributed by atoms with Crippen LogP contribution in [0, 0.1) is 0 Å². The van der Waals surface area contributed by atoms with Gasteiger partial charge in [-0.3, -0.25) is 0 Å². The Kier molecular flexibility index (Phi) is 6.25. The number of rotatable bonds is 6. The van der Waals surface area contributed by atoms with Crippen molar-refractivity contribution in [2.75, 3.05) is 13.2 Å². The van der Waals surface area contributed by atoms with Gasteiger partial charge in [0.2, 0.25) is 0 Å². The molecule has 2 rings (SSSR count). The highest BCUT2D eigenvalue weighted by molar-refractivity contribution is 6.31. The predicted octanol–water partition coefficient (Wildman–Crippen LogP) is 3.04. The Labute approximate surface area is 135 Å². The van der Waals surface area contributed by atoms with Crippen LogP contribution in [0.25, 0.3) is 0 Å². The van der Waals surface area contributed by atoms with Crippen LogP contribution in [0.2, 0.25) is 5.02 Å². The van der Waals surface area contributed by atoms with Crippen molar-refractivity contribution in [2.45, 2.75) is 13.1 Å². The highest BCUT2D eigenvalue weighted by Gasteiger charge is 2.13. The van der Waals surface area contributed by atoms with Gasteiger partial charge in [-0.15, -0.1) is 0 Å². The molecule has 0 atom stereocenters. The average Bonchev–Trinajstić information content (AvgIpc) is 2.54. The second-order valence-electron chi connectivity index (χ2n) is 4.88. The van der Waals surface area contributed by atoms with Crippen LogP contribution in [-0.2, 0) is 13.1 Å². The molecule has 0 saturated heterocycles. The van der Waals surface area contributed by atoms with Crippen LogP contribution in [0.1, 0.15) is 11.1 Å². The highest BCUT2D eigenvalue weighted by Crippen LogP contribution is 2.14. The predicted molar refractivity (Wildman–Crippen MR) is 87.6 cm³/mol. The first kappa shape index (κ1) is 16.3. The van der Waals surface area contributed by atoms with E-state index in [1.165, 1.54) is 0 Å². The number of aliphatic hydroxyl groups is 1. The molecule has 0 aromatic heterocycles. The van der Waals surface area contributed by atoms with Gasteiger partial charge in [0.1, 0.15) is 0 Å². The van der Waals surface area contributed by atoms with E-state index < -0.39 is 0 Å². The number of aliphatic hydroxyl groups excluding tert-OH is 1. The molecular weight excluding hydrogens is 300 g/mol. The monoisotopic (exact) mass is 318 g/mol. The second-order valence-corrected chi connectivity index (χ2v) is 5.29. The lowest BCUT2D eigenvalue weighted by Gasteiger charge is -2.22. The Balaban J connectivity index is 1.96. The van der Waals surface area contributed by atoms with Crippen molar-refractivity contribution in [3.63, 3.8) is 0 Å². The molecule has 2 N–H and O–H groups in total. The molecule has 0 aliphatic heterocycles. The summed E-state index contributed by atoms with van der Waals surface area (Å²) in [5, 5.41) is 12.6. The molecule has 0 radical (unpaired) electrons. The molecule has 4 nitrogen and oxygen atoms in total. The summed E-state index contributed by atoms with van der Waals surface area (Å²) in [6.45, 7) is 1.01. The number of amides is 2. The third-order valence-corrected chi connectivity index (χ3v) is 3.63. The van der Waals surface area contributed by atoms with Crippen LogP contribution in [0.5, 0.6) is 0 Å². The van der Waals surface area contributed by atoms with Crippen LogP contribution in [-0.4, -0.2) is 29.2 Å². The maximum atomic E-state index is 12.3. The lowest BCUT2D eigenvalue weighted by molar-refractivity contribution is 0.173. The molecule has 0 fully saturated rings. The summed E-state index contributed by atoms with van der Waals surface area (Å²) < 4.78 is 0. The number of urea groups is 1. The van der Waals surface area contributed by atoms with Gasteiger partial charge in [0.15, 0.2) is 0 Å². The molecule has 0 aliphatic rings.